The molecule has 0 aliphatic heterocycles. The van der Waals surface area contributed by atoms with Crippen molar-refractivity contribution in [2.24, 2.45) is 10.7 Å². The number of hydrogen-bond acceptors (Lipinski definition) is 4. The molecule has 5 heteroatoms. The SMILES string of the molecule is COC[C@@H](C)N=C(N)SCc1cccc2cccnc12. The topological polar surface area (TPSA) is 60.5 Å². The molecule has 2 N–H and O–H groups in total. The predicted molar refractivity (Wildman–Crippen MR) is 86.0 cm³/mol. The van der Waals surface area contributed by atoms with Crippen molar-refractivity contribution in [1.82, 2.24) is 4.98 Å². The number of para-hydroxylation sites is 1. The Labute approximate surface area is 123 Å². The van der Waals surface area contributed by atoms with Crippen LogP contribution in [0, 0.1) is 0 Å². The molecule has 0 saturated heterocycles. The summed E-state index contributed by atoms with van der Waals surface area (Å²) in [5.74, 6) is 0.767. The number of methoxy groups -OCH3 is 1. The number of nitrogens with two attached hydrogens (primary N) is 1. The van der Waals surface area contributed by atoms with Crippen LogP contribution in [0.15, 0.2) is 41.5 Å². The van der Waals surface area contributed by atoms with E-state index in [9.17, 15) is 0 Å². The molecule has 0 saturated carbocycles. The molecule has 1 atom stereocenters. The lowest BCUT2D eigenvalue weighted by atomic mass is 10.1. The van der Waals surface area contributed by atoms with Crippen molar-refractivity contribution >= 4 is 27.8 Å². The van der Waals surface area contributed by atoms with Crippen molar-refractivity contribution in [2.45, 2.75) is 18.7 Å². The van der Waals surface area contributed by atoms with Crippen LogP contribution in [0.2, 0.25) is 0 Å². The molecular formula is C15H19N3OS. The minimum atomic E-state index is 0.0816. The van der Waals surface area contributed by atoms with Crippen LogP contribution >= 0.6 is 11.8 Å². The Morgan fingerprint density at radius 1 is 1.40 bits per heavy atom. The zero-order valence-electron chi connectivity index (χ0n) is 11.7. The summed E-state index contributed by atoms with van der Waals surface area (Å²) in [6.07, 6.45) is 1.81. The van der Waals surface area contributed by atoms with Gasteiger partial charge in [-0.15, -0.1) is 0 Å². The number of benzene rings is 1. The van der Waals surface area contributed by atoms with Crippen molar-refractivity contribution in [2.75, 3.05) is 13.7 Å². The molecule has 1 aromatic heterocycles. The molecule has 4 nitrogen and oxygen atoms in total. The molecule has 0 spiro atoms. The summed E-state index contributed by atoms with van der Waals surface area (Å²) in [5, 5.41) is 1.73. The van der Waals surface area contributed by atoms with Crippen LogP contribution in [0.5, 0.6) is 0 Å². The number of thioether (sulfide) groups is 1. The molecule has 106 valence electrons. The quantitative estimate of drug-likeness (QED) is 0.679. The van der Waals surface area contributed by atoms with E-state index in [0.29, 0.717) is 11.8 Å². The average molecular weight is 289 g/mol. The van der Waals surface area contributed by atoms with Gasteiger partial charge in [-0.05, 0) is 18.6 Å². The minimum absolute atomic E-state index is 0.0816. The number of aliphatic imine (C=N–C) groups is 1. The summed E-state index contributed by atoms with van der Waals surface area (Å²) < 4.78 is 5.04. The molecule has 0 unspecified atom stereocenters. The molecule has 0 bridgehead atoms. The summed E-state index contributed by atoms with van der Waals surface area (Å²) in [7, 11) is 1.66. The van der Waals surface area contributed by atoms with Gasteiger partial charge in [0, 0.05) is 24.4 Å². The second-order valence-corrected chi connectivity index (χ2v) is 5.55. The van der Waals surface area contributed by atoms with Gasteiger partial charge in [0.25, 0.3) is 0 Å². The van der Waals surface area contributed by atoms with Gasteiger partial charge in [0.1, 0.15) is 0 Å². The van der Waals surface area contributed by atoms with Crippen molar-refractivity contribution < 1.29 is 4.74 Å². The van der Waals surface area contributed by atoms with Crippen LogP contribution in [0.25, 0.3) is 10.9 Å². The van der Waals surface area contributed by atoms with E-state index in [1.807, 2.05) is 25.3 Å². The fourth-order valence-corrected chi connectivity index (χ4v) is 2.76. The number of aromatic nitrogens is 1. The maximum Gasteiger partial charge on any atom is 0.154 e. The van der Waals surface area contributed by atoms with E-state index in [2.05, 4.69) is 28.2 Å². The number of fused-ring (bicyclic) bond motifs is 1. The Morgan fingerprint density at radius 2 is 2.20 bits per heavy atom. The van der Waals surface area contributed by atoms with Crippen LogP contribution in [-0.2, 0) is 10.5 Å². The molecule has 0 radical (unpaired) electrons. The van der Waals surface area contributed by atoms with Gasteiger partial charge < -0.3 is 10.5 Å². The van der Waals surface area contributed by atoms with Crippen molar-refractivity contribution in [3.05, 3.63) is 42.1 Å². The first-order valence-corrected chi connectivity index (χ1v) is 7.47. The molecule has 0 fully saturated rings. The number of amidine groups is 1. The van der Waals surface area contributed by atoms with Crippen LogP contribution in [-0.4, -0.2) is 29.9 Å². The molecule has 0 aliphatic rings. The summed E-state index contributed by atoms with van der Waals surface area (Å²) in [4.78, 5) is 8.81. The molecule has 0 amide bonds. The Balaban J connectivity index is 2.06. The largest absolute Gasteiger partial charge is 0.382 e. The van der Waals surface area contributed by atoms with Gasteiger partial charge >= 0.3 is 0 Å². The number of ether oxygens (including phenoxy) is 1. The van der Waals surface area contributed by atoms with Crippen molar-refractivity contribution in [3.8, 4) is 0 Å². The van der Waals surface area contributed by atoms with Gasteiger partial charge in [-0.1, -0.05) is 36.0 Å². The highest BCUT2D eigenvalue weighted by Crippen LogP contribution is 2.20. The standard InChI is InChI=1S/C15H19N3OS/c1-11(9-19-2)18-15(16)20-10-13-6-3-5-12-7-4-8-17-14(12)13/h3-8,11H,9-10H2,1-2H3,(H2,16,18)/t11-/m1/s1. The van der Waals surface area contributed by atoms with E-state index < -0.39 is 0 Å². The van der Waals surface area contributed by atoms with Gasteiger partial charge in [0.15, 0.2) is 5.17 Å². The third-order valence-corrected chi connectivity index (χ3v) is 3.70. The zero-order valence-corrected chi connectivity index (χ0v) is 12.6. The van der Waals surface area contributed by atoms with E-state index in [1.54, 1.807) is 7.11 Å². The highest BCUT2D eigenvalue weighted by molar-refractivity contribution is 8.13. The van der Waals surface area contributed by atoms with Gasteiger partial charge in [0.2, 0.25) is 0 Å². The third-order valence-electron chi connectivity index (χ3n) is 2.85. The highest BCUT2D eigenvalue weighted by Gasteiger charge is 2.05. The Bertz CT molecular complexity index is 595. The molecule has 0 aliphatic carbocycles. The molecule has 20 heavy (non-hydrogen) atoms. The summed E-state index contributed by atoms with van der Waals surface area (Å²) in [6, 6.07) is 10.3. The Hall–Kier alpha value is -1.59. The number of nitrogens with zero attached hydrogens (tertiary/aromatic N) is 2. The Morgan fingerprint density at radius 3 is 3.00 bits per heavy atom. The van der Waals surface area contributed by atoms with E-state index in [0.717, 1.165) is 16.7 Å². The lowest BCUT2D eigenvalue weighted by molar-refractivity contribution is 0.186. The van der Waals surface area contributed by atoms with E-state index in [1.165, 1.54) is 17.3 Å². The highest BCUT2D eigenvalue weighted by atomic mass is 32.2. The summed E-state index contributed by atoms with van der Waals surface area (Å²) in [6.45, 7) is 2.56. The smallest absolute Gasteiger partial charge is 0.154 e. The first-order valence-electron chi connectivity index (χ1n) is 6.48. The predicted octanol–water partition coefficient (Wildman–Crippen LogP) is 2.82. The van der Waals surface area contributed by atoms with Crippen LogP contribution < -0.4 is 5.73 Å². The molecule has 2 aromatic rings. The average Bonchev–Trinajstić information content (AvgIpc) is 2.45. The van der Waals surface area contributed by atoms with Crippen LogP contribution in [0.3, 0.4) is 0 Å². The van der Waals surface area contributed by atoms with Gasteiger partial charge in [0.05, 0.1) is 18.2 Å². The van der Waals surface area contributed by atoms with Crippen LogP contribution in [0.1, 0.15) is 12.5 Å². The second kappa shape index (κ2) is 7.26. The second-order valence-electron chi connectivity index (χ2n) is 4.55. The fourth-order valence-electron chi connectivity index (χ4n) is 1.97. The number of pyridine rings is 1. The zero-order chi connectivity index (χ0) is 14.4. The van der Waals surface area contributed by atoms with E-state index in [-0.39, 0.29) is 6.04 Å². The lowest BCUT2D eigenvalue weighted by Gasteiger charge is -2.08. The maximum absolute atomic E-state index is 5.93. The molecule has 1 heterocycles. The van der Waals surface area contributed by atoms with Crippen molar-refractivity contribution in [3.63, 3.8) is 0 Å². The van der Waals surface area contributed by atoms with E-state index >= 15 is 0 Å². The van der Waals surface area contributed by atoms with Gasteiger partial charge in [-0.2, -0.15) is 0 Å². The molecular weight excluding hydrogens is 270 g/mol. The van der Waals surface area contributed by atoms with Crippen LogP contribution in [0.4, 0.5) is 0 Å². The summed E-state index contributed by atoms with van der Waals surface area (Å²) in [5.41, 5.74) is 8.13. The van der Waals surface area contributed by atoms with Crippen molar-refractivity contribution in [1.29, 1.82) is 0 Å². The van der Waals surface area contributed by atoms with Gasteiger partial charge in [-0.3, -0.25) is 9.98 Å². The minimum Gasteiger partial charge on any atom is -0.382 e. The molecule has 2 rings (SSSR count). The van der Waals surface area contributed by atoms with E-state index in [4.69, 9.17) is 10.5 Å². The number of hydrogen-bond donors (Lipinski definition) is 1. The van der Waals surface area contributed by atoms with Gasteiger partial charge in [-0.25, -0.2) is 0 Å². The fraction of sp³-hybridized carbons (Fsp3) is 0.333. The monoisotopic (exact) mass is 289 g/mol. The first kappa shape index (κ1) is 14.8. The molecule has 1 aromatic carbocycles. The lowest BCUT2D eigenvalue weighted by Crippen LogP contribution is -2.15. The third kappa shape index (κ3) is 3.95. The summed E-state index contributed by atoms with van der Waals surface area (Å²) >= 11 is 1.53. The first-order chi connectivity index (χ1) is 9.70. The normalized spacial score (nSPS) is 13.6. The maximum atomic E-state index is 5.93. The Kier molecular flexibility index (Phi) is 5.38. The number of rotatable bonds is 5.